The molecule has 192 valence electrons. The molecule has 3 aromatic rings. The van der Waals surface area contributed by atoms with E-state index in [0.29, 0.717) is 30.9 Å². The van der Waals surface area contributed by atoms with Crippen molar-refractivity contribution >= 4 is 5.97 Å². The molecule has 0 aliphatic carbocycles. The SMILES string of the molecule is CCCCCC[C@@H](OC(=O)c1ccc(-c2ccc(OCc3ccc(OO)cc3)cc2)cc1)C(F)(F)F. The Morgan fingerprint density at radius 2 is 1.42 bits per heavy atom. The van der Waals surface area contributed by atoms with Crippen molar-refractivity contribution in [2.45, 2.75) is 57.9 Å². The molecule has 1 atom stereocenters. The number of benzene rings is 3. The Hall–Kier alpha value is -3.52. The predicted octanol–water partition coefficient (Wildman–Crippen LogP) is 7.84. The first kappa shape index (κ1) is 27.1. The van der Waals surface area contributed by atoms with E-state index in [4.69, 9.17) is 14.7 Å². The fourth-order valence-corrected chi connectivity index (χ4v) is 3.60. The third kappa shape index (κ3) is 8.02. The number of ether oxygens (including phenoxy) is 2. The van der Waals surface area contributed by atoms with Crippen LogP contribution in [0.3, 0.4) is 0 Å². The van der Waals surface area contributed by atoms with Gasteiger partial charge < -0.3 is 14.4 Å². The van der Waals surface area contributed by atoms with Crippen LogP contribution in [0.2, 0.25) is 0 Å². The molecule has 0 unspecified atom stereocenters. The van der Waals surface area contributed by atoms with Crippen LogP contribution >= 0.6 is 0 Å². The molecule has 1 N–H and O–H groups in total. The molecular formula is C28H29F3O5. The van der Waals surface area contributed by atoms with Crippen molar-refractivity contribution in [2.75, 3.05) is 0 Å². The number of carbonyl (C=O) groups excluding carboxylic acids is 1. The van der Waals surface area contributed by atoms with Crippen molar-refractivity contribution in [2.24, 2.45) is 0 Å². The van der Waals surface area contributed by atoms with Gasteiger partial charge >= 0.3 is 12.1 Å². The standard InChI is InChI=1S/C28H29F3O5/c1-2-3-4-5-6-26(28(29,30)31)35-27(32)23-11-9-21(10-12-23)22-13-17-24(18-14-22)34-19-20-7-15-25(36-33)16-8-20/h7-18,26,33H,2-6,19H2,1H3/t26-/m1/s1. The van der Waals surface area contributed by atoms with Crippen molar-refractivity contribution in [3.8, 4) is 22.6 Å². The van der Waals surface area contributed by atoms with Crippen LogP contribution in [0, 0.1) is 0 Å². The highest BCUT2D eigenvalue weighted by atomic mass is 19.4. The maximum Gasteiger partial charge on any atom is 0.425 e. The van der Waals surface area contributed by atoms with Gasteiger partial charge in [-0.2, -0.15) is 13.2 Å². The van der Waals surface area contributed by atoms with Gasteiger partial charge in [0.15, 0.2) is 11.9 Å². The summed E-state index contributed by atoms with van der Waals surface area (Å²) in [7, 11) is 0. The minimum atomic E-state index is -4.59. The van der Waals surface area contributed by atoms with E-state index in [1.54, 1.807) is 48.5 Å². The maximum atomic E-state index is 13.3. The van der Waals surface area contributed by atoms with Crippen LogP contribution in [0.1, 0.15) is 54.9 Å². The van der Waals surface area contributed by atoms with Crippen LogP contribution in [-0.4, -0.2) is 23.5 Å². The number of unbranched alkanes of at least 4 members (excludes halogenated alkanes) is 3. The number of hydrogen-bond acceptors (Lipinski definition) is 5. The van der Waals surface area contributed by atoms with Gasteiger partial charge in [0.1, 0.15) is 12.4 Å². The molecule has 3 rings (SSSR count). The number of esters is 1. The number of rotatable bonds is 12. The first-order valence-corrected chi connectivity index (χ1v) is 11.8. The van der Waals surface area contributed by atoms with Crippen LogP contribution in [-0.2, 0) is 11.3 Å². The van der Waals surface area contributed by atoms with Gasteiger partial charge in [-0.25, -0.2) is 10.1 Å². The van der Waals surface area contributed by atoms with Gasteiger partial charge in [0, 0.05) is 0 Å². The van der Waals surface area contributed by atoms with Crippen molar-refractivity contribution < 1.29 is 37.6 Å². The van der Waals surface area contributed by atoms with Gasteiger partial charge in [-0.05, 0) is 65.9 Å². The molecule has 0 spiro atoms. The normalized spacial score (nSPS) is 12.1. The fourth-order valence-electron chi connectivity index (χ4n) is 3.60. The second kappa shape index (κ2) is 13.0. The molecular weight excluding hydrogens is 473 g/mol. The summed E-state index contributed by atoms with van der Waals surface area (Å²) in [6.45, 7) is 2.31. The maximum absolute atomic E-state index is 13.3. The summed E-state index contributed by atoms with van der Waals surface area (Å²) in [5.74, 6) is 0.00484. The second-order valence-corrected chi connectivity index (χ2v) is 8.41. The second-order valence-electron chi connectivity index (χ2n) is 8.41. The molecule has 0 radical (unpaired) electrons. The van der Waals surface area contributed by atoms with E-state index in [9.17, 15) is 18.0 Å². The number of halogens is 3. The lowest BCUT2D eigenvalue weighted by molar-refractivity contribution is -0.206. The Bertz CT molecular complexity index is 1080. The average Bonchev–Trinajstić information content (AvgIpc) is 2.89. The van der Waals surface area contributed by atoms with Crippen LogP contribution < -0.4 is 9.62 Å². The van der Waals surface area contributed by atoms with Gasteiger partial charge in [0.2, 0.25) is 0 Å². The van der Waals surface area contributed by atoms with Crippen LogP contribution in [0.25, 0.3) is 11.1 Å². The lowest BCUT2D eigenvalue weighted by Crippen LogP contribution is -2.33. The minimum Gasteiger partial charge on any atom is -0.489 e. The molecule has 8 heteroatoms. The summed E-state index contributed by atoms with van der Waals surface area (Å²) in [6, 6.07) is 20.4. The van der Waals surface area contributed by atoms with Gasteiger partial charge in [-0.1, -0.05) is 62.6 Å². The lowest BCUT2D eigenvalue weighted by atomic mass is 10.0. The zero-order valence-corrected chi connectivity index (χ0v) is 20.0. The molecule has 0 aromatic heterocycles. The Morgan fingerprint density at radius 1 is 0.833 bits per heavy atom. The van der Waals surface area contributed by atoms with Crippen molar-refractivity contribution in [1.29, 1.82) is 0 Å². The van der Waals surface area contributed by atoms with Gasteiger partial charge in [-0.15, -0.1) is 0 Å². The monoisotopic (exact) mass is 502 g/mol. The van der Waals surface area contributed by atoms with Crippen LogP contribution in [0.4, 0.5) is 13.2 Å². The van der Waals surface area contributed by atoms with Gasteiger partial charge in [0.05, 0.1) is 5.56 Å². The zero-order valence-electron chi connectivity index (χ0n) is 20.0. The highest BCUT2D eigenvalue weighted by Gasteiger charge is 2.42. The van der Waals surface area contributed by atoms with Gasteiger partial charge in [0.25, 0.3) is 0 Å². The predicted molar refractivity (Wildman–Crippen MR) is 130 cm³/mol. The molecule has 36 heavy (non-hydrogen) atoms. The number of alkyl halides is 3. The third-order valence-corrected chi connectivity index (χ3v) is 5.68. The Labute approximate surface area is 208 Å². The van der Waals surface area contributed by atoms with E-state index >= 15 is 0 Å². The molecule has 0 fully saturated rings. The molecule has 0 aliphatic rings. The van der Waals surface area contributed by atoms with Crippen LogP contribution in [0.5, 0.6) is 11.5 Å². The summed E-state index contributed by atoms with van der Waals surface area (Å²) < 4.78 is 50.5. The van der Waals surface area contributed by atoms with E-state index in [1.807, 2.05) is 19.1 Å². The zero-order chi connectivity index (χ0) is 26.0. The summed E-state index contributed by atoms with van der Waals surface area (Å²) >= 11 is 0. The largest absolute Gasteiger partial charge is 0.489 e. The molecule has 0 saturated carbocycles. The first-order valence-electron chi connectivity index (χ1n) is 11.8. The molecule has 0 saturated heterocycles. The van der Waals surface area contributed by atoms with Crippen LogP contribution in [0.15, 0.2) is 72.8 Å². The molecule has 3 aromatic carbocycles. The molecule has 0 amide bonds. The van der Waals surface area contributed by atoms with E-state index in [1.165, 1.54) is 12.1 Å². The quantitative estimate of drug-likeness (QED) is 0.118. The topological polar surface area (TPSA) is 65.0 Å². The molecule has 0 heterocycles. The Kier molecular flexibility index (Phi) is 9.76. The first-order chi connectivity index (χ1) is 17.3. The average molecular weight is 503 g/mol. The van der Waals surface area contributed by atoms with E-state index in [2.05, 4.69) is 4.89 Å². The van der Waals surface area contributed by atoms with E-state index < -0.39 is 18.2 Å². The Morgan fingerprint density at radius 3 is 1.97 bits per heavy atom. The highest BCUT2D eigenvalue weighted by Crippen LogP contribution is 2.29. The van der Waals surface area contributed by atoms with E-state index in [-0.39, 0.29) is 12.0 Å². The molecule has 5 nitrogen and oxygen atoms in total. The fraction of sp³-hybridized carbons (Fsp3) is 0.321. The van der Waals surface area contributed by atoms with E-state index in [0.717, 1.165) is 29.5 Å². The van der Waals surface area contributed by atoms with Gasteiger partial charge in [-0.3, -0.25) is 0 Å². The third-order valence-electron chi connectivity index (χ3n) is 5.68. The highest BCUT2D eigenvalue weighted by molar-refractivity contribution is 5.90. The molecule has 0 bridgehead atoms. The smallest absolute Gasteiger partial charge is 0.425 e. The number of carbonyl (C=O) groups is 1. The lowest BCUT2D eigenvalue weighted by Gasteiger charge is -2.20. The molecule has 0 aliphatic heterocycles. The number of hydrogen-bond donors (Lipinski definition) is 1. The summed E-state index contributed by atoms with van der Waals surface area (Å²) in [5.41, 5.74) is 2.62. The Balaban J connectivity index is 1.57. The van der Waals surface area contributed by atoms with Crippen molar-refractivity contribution in [3.05, 3.63) is 83.9 Å². The van der Waals surface area contributed by atoms with Crippen molar-refractivity contribution in [1.82, 2.24) is 0 Å². The van der Waals surface area contributed by atoms with Crippen molar-refractivity contribution in [3.63, 3.8) is 0 Å². The summed E-state index contributed by atoms with van der Waals surface area (Å²) in [4.78, 5) is 16.5. The summed E-state index contributed by atoms with van der Waals surface area (Å²) in [6.07, 6.45) is -4.14. The minimum absolute atomic E-state index is 0.0686. The summed E-state index contributed by atoms with van der Waals surface area (Å²) in [5, 5.41) is 8.61.